The number of hydrogen-bond acceptors (Lipinski definition) is 5. The fraction of sp³-hybridized carbons (Fsp3) is 0.833. The lowest BCUT2D eigenvalue weighted by Gasteiger charge is -2.23. The van der Waals surface area contributed by atoms with Crippen LogP contribution in [-0.4, -0.2) is 26.0 Å². The first-order valence-corrected chi connectivity index (χ1v) is 4.04. The molecule has 0 aromatic heterocycles. The van der Waals surface area contributed by atoms with Crippen LogP contribution in [0.15, 0.2) is 0 Å². The van der Waals surface area contributed by atoms with E-state index >= 15 is 0 Å². The van der Waals surface area contributed by atoms with E-state index < -0.39 is 20.4 Å². The van der Waals surface area contributed by atoms with Crippen molar-refractivity contribution in [2.75, 3.05) is 14.2 Å². The van der Waals surface area contributed by atoms with Crippen LogP contribution in [0.2, 0.25) is 0 Å². The smallest absolute Gasteiger partial charge is 0.367 e. The second-order valence-corrected chi connectivity index (χ2v) is 2.30. The normalized spacial score (nSPS) is 15.6. The molecular formula is C6H11O5P. The Kier molecular flexibility index (Phi) is 4.97. The predicted octanol–water partition coefficient (Wildman–Crippen LogP) is 1.14. The van der Waals surface area contributed by atoms with E-state index in [1.807, 2.05) is 0 Å². The number of esters is 1. The molecule has 5 nitrogen and oxygen atoms in total. The van der Waals surface area contributed by atoms with Crippen LogP contribution in [0.25, 0.3) is 0 Å². The molecule has 0 aliphatic heterocycles. The van der Waals surface area contributed by atoms with Gasteiger partial charge in [0.25, 0.3) is 5.79 Å². The van der Waals surface area contributed by atoms with Crippen LogP contribution in [0.1, 0.15) is 13.3 Å². The van der Waals surface area contributed by atoms with Gasteiger partial charge in [0.1, 0.15) is 0 Å². The summed E-state index contributed by atoms with van der Waals surface area (Å²) in [6, 6.07) is 0. The maximum absolute atomic E-state index is 11.1. The van der Waals surface area contributed by atoms with Crippen LogP contribution < -0.4 is 0 Å². The summed E-state index contributed by atoms with van der Waals surface area (Å²) < 4.78 is 23.9. The van der Waals surface area contributed by atoms with E-state index in [0.717, 1.165) is 0 Å². The zero-order valence-corrected chi connectivity index (χ0v) is 8.09. The monoisotopic (exact) mass is 194 g/mol. The molecule has 0 amide bonds. The van der Waals surface area contributed by atoms with Gasteiger partial charge in [-0.1, -0.05) is 6.92 Å². The summed E-state index contributed by atoms with van der Waals surface area (Å²) in [5, 5.41) is 0. The number of carbonyl (C=O) groups excluding carboxylic acids is 1. The van der Waals surface area contributed by atoms with Crippen molar-refractivity contribution in [3.63, 3.8) is 0 Å². The zero-order chi connectivity index (χ0) is 9.61. The molecule has 0 spiro atoms. The summed E-state index contributed by atoms with van der Waals surface area (Å²) in [5.41, 5.74) is 0. The van der Waals surface area contributed by atoms with Crippen molar-refractivity contribution in [2.24, 2.45) is 0 Å². The third-order valence-electron chi connectivity index (χ3n) is 1.48. The van der Waals surface area contributed by atoms with Crippen molar-refractivity contribution < 1.29 is 23.4 Å². The molecule has 0 N–H and O–H groups in total. The highest BCUT2D eigenvalue weighted by Crippen LogP contribution is 2.23. The van der Waals surface area contributed by atoms with Gasteiger partial charge in [-0.15, -0.1) is 0 Å². The topological polar surface area (TPSA) is 61.8 Å². The predicted molar refractivity (Wildman–Crippen MR) is 40.7 cm³/mol. The molecule has 0 bridgehead atoms. The van der Waals surface area contributed by atoms with E-state index in [9.17, 15) is 9.36 Å². The first-order chi connectivity index (χ1) is 5.66. The average molecular weight is 194 g/mol. The van der Waals surface area contributed by atoms with Crippen LogP contribution in [0, 0.1) is 0 Å². The SMILES string of the molecule is CCC(OC)(OP=O)C(=O)OC. The van der Waals surface area contributed by atoms with Gasteiger partial charge in [-0.3, -0.25) is 0 Å². The quantitative estimate of drug-likeness (QED) is 0.373. The Morgan fingerprint density at radius 1 is 1.50 bits per heavy atom. The maximum atomic E-state index is 11.1. The second-order valence-electron chi connectivity index (χ2n) is 1.97. The van der Waals surface area contributed by atoms with Gasteiger partial charge in [0.15, 0.2) is 0 Å². The van der Waals surface area contributed by atoms with E-state index in [1.54, 1.807) is 6.92 Å². The van der Waals surface area contributed by atoms with Gasteiger partial charge in [0.2, 0.25) is 0 Å². The Labute approximate surface area is 72.3 Å². The average Bonchev–Trinajstić information content (AvgIpc) is 2.13. The number of methoxy groups -OCH3 is 2. The molecule has 0 fully saturated rings. The third-order valence-corrected chi connectivity index (χ3v) is 1.85. The Morgan fingerprint density at radius 3 is 2.33 bits per heavy atom. The minimum absolute atomic E-state index is 0.228. The Morgan fingerprint density at radius 2 is 2.08 bits per heavy atom. The first-order valence-electron chi connectivity index (χ1n) is 3.31. The standard InChI is InChI=1S/C6H11O5P/c1-4-6(10-3,11-12-8)5(7)9-2/h4H2,1-3H3. The molecular weight excluding hydrogens is 183 g/mol. The third kappa shape index (κ3) is 2.24. The van der Waals surface area contributed by atoms with Crippen LogP contribution >= 0.6 is 8.69 Å². The van der Waals surface area contributed by atoms with Gasteiger partial charge < -0.3 is 9.47 Å². The molecule has 0 saturated heterocycles. The maximum Gasteiger partial charge on any atom is 0.367 e. The van der Waals surface area contributed by atoms with Gasteiger partial charge in [-0.2, -0.15) is 0 Å². The highest BCUT2D eigenvalue weighted by Gasteiger charge is 2.40. The molecule has 0 aromatic rings. The van der Waals surface area contributed by atoms with Crippen molar-refractivity contribution in [3.05, 3.63) is 0 Å². The molecule has 0 aliphatic carbocycles. The zero-order valence-electron chi connectivity index (χ0n) is 7.20. The van der Waals surface area contributed by atoms with E-state index in [4.69, 9.17) is 4.74 Å². The van der Waals surface area contributed by atoms with Crippen LogP contribution in [0.3, 0.4) is 0 Å². The Bertz CT molecular complexity index is 165. The summed E-state index contributed by atoms with van der Waals surface area (Å²) in [4.78, 5) is 11.1. The molecule has 0 heterocycles. The van der Waals surface area contributed by atoms with Crippen molar-refractivity contribution in [3.8, 4) is 0 Å². The van der Waals surface area contributed by atoms with E-state index in [0.29, 0.717) is 0 Å². The molecule has 0 aliphatic rings. The first kappa shape index (κ1) is 11.5. The summed E-state index contributed by atoms with van der Waals surface area (Å²) in [5.74, 6) is -2.24. The molecule has 0 radical (unpaired) electrons. The Hall–Kier alpha value is -0.510. The Balaban J connectivity index is 4.55. The molecule has 1 unspecified atom stereocenters. The van der Waals surface area contributed by atoms with Crippen molar-refractivity contribution in [2.45, 2.75) is 19.1 Å². The molecule has 0 rings (SSSR count). The molecule has 0 saturated carbocycles. The van der Waals surface area contributed by atoms with Crippen molar-refractivity contribution in [1.82, 2.24) is 0 Å². The number of rotatable bonds is 5. The van der Waals surface area contributed by atoms with Gasteiger partial charge in [-0.25, -0.2) is 13.9 Å². The molecule has 6 heteroatoms. The fourth-order valence-electron chi connectivity index (χ4n) is 0.727. The second kappa shape index (κ2) is 5.19. The highest BCUT2D eigenvalue weighted by molar-refractivity contribution is 7.17. The van der Waals surface area contributed by atoms with Gasteiger partial charge >= 0.3 is 14.7 Å². The summed E-state index contributed by atoms with van der Waals surface area (Å²) in [7, 11) is 1.87. The van der Waals surface area contributed by atoms with Crippen molar-refractivity contribution >= 4 is 14.7 Å². The summed E-state index contributed by atoms with van der Waals surface area (Å²) in [6.07, 6.45) is 0.228. The largest absolute Gasteiger partial charge is 0.465 e. The van der Waals surface area contributed by atoms with Gasteiger partial charge in [-0.05, 0) is 0 Å². The lowest BCUT2D eigenvalue weighted by Crippen LogP contribution is -2.41. The minimum Gasteiger partial charge on any atom is -0.465 e. The van der Waals surface area contributed by atoms with Crippen LogP contribution in [0.4, 0.5) is 0 Å². The number of carbonyl (C=O) groups is 1. The van der Waals surface area contributed by atoms with Gasteiger partial charge in [0.05, 0.1) is 7.11 Å². The lowest BCUT2D eigenvalue weighted by molar-refractivity contribution is -0.205. The van der Waals surface area contributed by atoms with Crippen LogP contribution in [0.5, 0.6) is 0 Å². The minimum atomic E-state index is -1.54. The molecule has 12 heavy (non-hydrogen) atoms. The van der Waals surface area contributed by atoms with E-state index in [2.05, 4.69) is 9.26 Å². The van der Waals surface area contributed by atoms with Crippen molar-refractivity contribution in [1.29, 1.82) is 0 Å². The number of hydrogen-bond donors (Lipinski definition) is 0. The highest BCUT2D eigenvalue weighted by atomic mass is 31.1. The molecule has 0 aromatic carbocycles. The van der Waals surface area contributed by atoms with Gasteiger partial charge in [0, 0.05) is 13.5 Å². The fourth-order valence-corrected chi connectivity index (χ4v) is 1.13. The molecule has 1 atom stereocenters. The molecule has 70 valence electrons. The van der Waals surface area contributed by atoms with E-state index in [-0.39, 0.29) is 6.42 Å². The lowest BCUT2D eigenvalue weighted by atomic mass is 10.2. The summed E-state index contributed by atoms with van der Waals surface area (Å²) in [6.45, 7) is 1.66. The number of ether oxygens (including phenoxy) is 2. The van der Waals surface area contributed by atoms with Crippen LogP contribution in [-0.2, 0) is 23.4 Å². The van der Waals surface area contributed by atoms with E-state index in [1.165, 1.54) is 14.2 Å². The summed E-state index contributed by atoms with van der Waals surface area (Å²) >= 11 is 0.